The molecule has 7 nitrogen and oxygen atoms in total. The standard InChI is InChI=1S/C13H16N2O5S/c1-9-12(16)14-5-6-15(9)21(19,20)8-10-3-2-4-11(7-10)13(17)18/h2-4,7,9H,5-6,8H2,1H3,(H,14,16)(H,17,18). The van der Waals surface area contributed by atoms with Crippen molar-refractivity contribution in [2.45, 2.75) is 18.7 Å². The molecule has 1 unspecified atom stereocenters. The largest absolute Gasteiger partial charge is 0.478 e. The number of hydrogen-bond donors (Lipinski definition) is 2. The number of rotatable bonds is 4. The van der Waals surface area contributed by atoms with E-state index in [9.17, 15) is 18.0 Å². The maximum absolute atomic E-state index is 12.4. The van der Waals surface area contributed by atoms with Gasteiger partial charge in [0, 0.05) is 13.1 Å². The maximum Gasteiger partial charge on any atom is 0.335 e. The Kier molecular flexibility index (Phi) is 4.29. The topological polar surface area (TPSA) is 104 Å². The lowest BCUT2D eigenvalue weighted by Gasteiger charge is -2.31. The van der Waals surface area contributed by atoms with Crippen molar-refractivity contribution in [3.63, 3.8) is 0 Å². The number of aromatic carboxylic acids is 1. The van der Waals surface area contributed by atoms with Gasteiger partial charge in [0.25, 0.3) is 0 Å². The third kappa shape index (κ3) is 3.40. The molecule has 1 atom stereocenters. The lowest BCUT2D eigenvalue weighted by atomic mass is 10.1. The smallest absolute Gasteiger partial charge is 0.335 e. The van der Waals surface area contributed by atoms with Crippen molar-refractivity contribution in [3.05, 3.63) is 35.4 Å². The van der Waals surface area contributed by atoms with Crippen LogP contribution in [0.5, 0.6) is 0 Å². The van der Waals surface area contributed by atoms with Crippen LogP contribution < -0.4 is 5.32 Å². The zero-order valence-electron chi connectivity index (χ0n) is 11.4. The van der Waals surface area contributed by atoms with Crippen LogP contribution in [0, 0.1) is 0 Å². The Morgan fingerprint density at radius 2 is 2.19 bits per heavy atom. The zero-order valence-corrected chi connectivity index (χ0v) is 12.3. The van der Waals surface area contributed by atoms with E-state index in [1.165, 1.54) is 25.1 Å². The van der Waals surface area contributed by atoms with Gasteiger partial charge in [-0.15, -0.1) is 0 Å². The van der Waals surface area contributed by atoms with Crippen LogP contribution in [0.25, 0.3) is 0 Å². The molecule has 1 fully saturated rings. The highest BCUT2D eigenvalue weighted by Crippen LogP contribution is 2.16. The number of hydrogen-bond acceptors (Lipinski definition) is 4. The van der Waals surface area contributed by atoms with Crippen molar-refractivity contribution in [1.29, 1.82) is 0 Å². The summed E-state index contributed by atoms with van der Waals surface area (Å²) in [4.78, 5) is 22.5. The second-order valence-electron chi connectivity index (χ2n) is 4.84. The number of sulfonamides is 1. The number of carboxylic acids is 1. The molecule has 21 heavy (non-hydrogen) atoms. The Balaban J connectivity index is 2.23. The molecule has 0 saturated carbocycles. The van der Waals surface area contributed by atoms with Crippen LogP contribution in [0.3, 0.4) is 0 Å². The number of nitrogens with zero attached hydrogens (tertiary/aromatic N) is 1. The van der Waals surface area contributed by atoms with Gasteiger partial charge in [-0.05, 0) is 24.6 Å². The van der Waals surface area contributed by atoms with Gasteiger partial charge in [-0.1, -0.05) is 12.1 Å². The first-order valence-corrected chi connectivity index (χ1v) is 8.01. The molecule has 0 aromatic heterocycles. The fraction of sp³-hybridized carbons (Fsp3) is 0.385. The lowest BCUT2D eigenvalue weighted by molar-refractivity contribution is -0.126. The van der Waals surface area contributed by atoms with Crippen molar-refractivity contribution in [3.8, 4) is 0 Å². The first-order valence-electron chi connectivity index (χ1n) is 6.41. The van der Waals surface area contributed by atoms with Crippen LogP contribution in [0.2, 0.25) is 0 Å². The van der Waals surface area contributed by atoms with Crippen molar-refractivity contribution < 1.29 is 23.1 Å². The molecule has 1 heterocycles. The number of carboxylic acid groups (broad SMARTS) is 1. The minimum Gasteiger partial charge on any atom is -0.478 e. The van der Waals surface area contributed by atoms with E-state index in [-0.39, 0.29) is 30.3 Å². The predicted molar refractivity (Wildman–Crippen MR) is 75.2 cm³/mol. The van der Waals surface area contributed by atoms with Gasteiger partial charge >= 0.3 is 5.97 Å². The monoisotopic (exact) mass is 312 g/mol. The second kappa shape index (κ2) is 5.82. The summed E-state index contributed by atoms with van der Waals surface area (Å²) >= 11 is 0. The van der Waals surface area contributed by atoms with Crippen molar-refractivity contribution in [1.82, 2.24) is 9.62 Å². The van der Waals surface area contributed by atoms with Crippen LogP contribution in [-0.4, -0.2) is 48.8 Å². The van der Waals surface area contributed by atoms with Gasteiger partial charge in [0.2, 0.25) is 15.9 Å². The van der Waals surface area contributed by atoms with E-state index < -0.39 is 22.0 Å². The molecule has 1 aromatic rings. The maximum atomic E-state index is 12.4. The van der Waals surface area contributed by atoms with Gasteiger partial charge in [-0.25, -0.2) is 13.2 Å². The Morgan fingerprint density at radius 1 is 1.48 bits per heavy atom. The highest BCUT2D eigenvalue weighted by atomic mass is 32.2. The average molecular weight is 312 g/mol. The molecule has 114 valence electrons. The fourth-order valence-electron chi connectivity index (χ4n) is 2.23. The molecule has 2 rings (SSSR count). The minimum atomic E-state index is -3.68. The van der Waals surface area contributed by atoms with Crippen molar-refractivity contribution >= 4 is 21.9 Å². The SMILES string of the molecule is CC1C(=O)NCCN1S(=O)(=O)Cc1cccc(C(=O)O)c1. The first-order chi connectivity index (χ1) is 9.81. The van der Waals surface area contributed by atoms with E-state index >= 15 is 0 Å². The predicted octanol–water partition coefficient (Wildman–Crippen LogP) is 0.0349. The highest BCUT2D eigenvalue weighted by Gasteiger charge is 2.34. The minimum absolute atomic E-state index is 0.0344. The van der Waals surface area contributed by atoms with Crippen molar-refractivity contribution in [2.24, 2.45) is 0 Å². The molecule has 1 aromatic carbocycles. The molecule has 0 bridgehead atoms. The highest BCUT2D eigenvalue weighted by molar-refractivity contribution is 7.88. The molecular weight excluding hydrogens is 296 g/mol. The lowest BCUT2D eigenvalue weighted by Crippen LogP contribution is -2.55. The van der Waals surface area contributed by atoms with Crippen LogP contribution >= 0.6 is 0 Å². The Morgan fingerprint density at radius 3 is 2.86 bits per heavy atom. The number of amides is 1. The average Bonchev–Trinajstić information content (AvgIpc) is 2.41. The van der Waals surface area contributed by atoms with Crippen LogP contribution in [0.1, 0.15) is 22.8 Å². The van der Waals surface area contributed by atoms with Gasteiger partial charge in [0.05, 0.1) is 11.3 Å². The number of carbonyl (C=O) groups excluding carboxylic acids is 1. The molecule has 8 heteroatoms. The molecule has 0 radical (unpaired) electrons. The molecule has 2 N–H and O–H groups in total. The normalized spacial score (nSPS) is 20.0. The summed E-state index contributed by atoms with van der Waals surface area (Å²) in [5.74, 6) is -1.77. The molecule has 1 aliphatic heterocycles. The zero-order chi connectivity index (χ0) is 15.6. The van der Waals surface area contributed by atoms with E-state index in [0.717, 1.165) is 4.31 Å². The summed E-state index contributed by atoms with van der Waals surface area (Å²) in [6, 6.07) is 5.02. The summed E-state index contributed by atoms with van der Waals surface area (Å²) in [6.07, 6.45) is 0. The van der Waals surface area contributed by atoms with Crippen LogP contribution in [-0.2, 0) is 20.6 Å². The molecular formula is C13H16N2O5S. The van der Waals surface area contributed by atoms with Crippen LogP contribution in [0.4, 0.5) is 0 Å². The summed E-state index contributed by atoms with van der Waals surface area (Å²) in [7, 11) is -3.68. The quantitative estimate of drug-likeness (QED) is 0.816. The summed E-state index contributed by atoms with van der Waals surface area (Å²) in [6.45, 7) is 2.02. The molecule has 1 saturated heterocycles. The number of benzene rings is 1. The van der Waals surface area contributed by atoms with Crippen molar-refractivity contribution in [2.75, 3.05) is 13.1 Å². The van der Waals surface area contributed by atoms with E-state index in [1.54, 1.807) is 6.07 Å². The molecule has 0 aliphatic carbocycles. The van der Waals surface area contributed by atoms with Gasteiger partial charge in [-0.3, -0.25) is 4.79 Å². The van der Waals surface area contributed by atoms with Crippen LogP contribution in [0.15, 0.2) is 24.3 Å². The Labute approximate surface area is 122 Å². The van der Waals surface area contributed by atoms with E-state index in [4.69, 9.17) is 5.11 Å². The van der Waals surface area contributed by atoms with Gasteiger partial charge < -0.3 is 10.4 Å². The molecule has 1 amide bonds. The van der Waals surface area contributed by atoms with E-state index in [1.807, 2.05) is 0 Å². The summed E-state index contributed by atoms with van der Waals surface area (Å²) < 4.78 is 25.9. The number of carbonyl (C=O) groups is 2. The molecule has 1 aliphatic rings. The Hall–Kier alpha value is -1.93. The van der Waals surface area contributed by atoms with Gasteiger partial charge in [-0.2, -0.15) is 4.31 Å². The van der Waals surface area contributed by atoms with Gasteiger partial charge in [0.15, 0.2) is 0 Å². The first kappa shape index (κ1) is 15.5. The van der Waals surface area contributed by atoms with E-state index in [0.29, 0.717) is 5.56 Å². The Bertz CT molecular complexity index is 671. The second-order valence-corrected chi connectivity index (χ2v) is 6.76. The summed E-state index contributed by atoms with van der Waals surface area (Å²) in [5.41, 5.74) is 0.417. The summed E-state index contributed by atoms with van der Waals surface area (Å²) in [5, 5.41) is 11.5. The van der Waals surface area contributed by atoms with E-state index in [2.05, 4.69) is 5.32 Å². The number of piperazine rings is 1. The van der Waals surface area contributed by atoms with Gasteiger partial charge in [0.1, 0.15) is 6.04 Å². The fourth-order valence-corrected chi connectivity index (χ4v) is 3.94. The number of nitrogens with one attached hydrogen (secondary N) is 1. The third-order valence-corrected chi connectivity index (χ3v) is 5.23. The third-order valence-electron chi connectivity index (χ3n) is 3.32. The molecule has 0 spiro atoms.